The molecule has 0 aliphatic heterocycles. The van der Waals surface area contributed by atoms with Crippen LogP contribution in [-0.4, -0.2) is 65.1 Å². The molecular weight excluding hydrogens is 176 g/mol. The second kappa shape index (κ2) is 29.8. The molecule has 0 saturated heterocycles. The fourth-order valence-electron chi connectivity index (χ4n) is 0.167. The molecule has 13 heavy (non-hydrogen) atoms. The molecule has 0 spiro atoms. The number of hydrogen-bond acceptors (Lipinski definition) is 5. The van der Waals surface area contributed by atoms with Gasteiger partial charge in [0.25, 0.3) is 0 Å². The summed E-state index contributed by atoms with van der Waals surface area (Å²) in [7, 11) is 6.55. The van der Waals surface area contributed by atoms with Crippen LogP contribution in [0.25, 0.3) is 0 Å². The van der Waals surface area contributed by atoms with E-state index < -0.39 is 0 Å². The molecule has 0 heterocycles. The van der Waals surface area contributed by atoms with Gasteiger partial charge in [0, 0.05) is 28.4 Å². The van der Waals surface area contributed by atoms with Gasteiger partial charge in [0.15, 0.2) is 0 Å². The fourth-order valence-corrected chi connectivity index (χ4v) is 0.167. The normalized spacial score (nSPS) is 7.85. The molecule has 0 aliphatic rings. The van der Waals surface area contributed by atoms with Gasteiger partial charge in [0.05, 0.1) is 26.4 Å². The average molecular weight is 198 g/mol. The standard InChI is InChI=1S/C4H10O2.C2H6O2.C2H6O/c1-5-3-4-6-2;3-1-2-4;1-3-2/h3-4H2,1-2H3;3-4H,1-2H2;1-2H3. The van der Waals surface area contributed by atoms with Gasteiger partial charge in [-0.25, -0.2) is 0 Å². The van der Waals surface area contributed by atoms with Gasteiger partial charge in [0.1, 0.15) is 0 Å². The molecule has 0 rings (SSSR count). The lowest BCUT2D eigenvalue weighted by molar-refractivity contribution is 0.103. The summed E-state index contributed by atoms with van der Waals surface area (Å²) in [5.41, 5.74) is 0. The maximum Gasteiger partial charge on any atom is 0.0696 e. The number of ether oxygens (including phenoxy) is 3. The van der Waals surface area contributed by atoms with Crippen LogP contribution in [0.2, 0.25) is 0 Å². The number of rotatable bonds is 4. The Morgan fingerprint density at radius 3 is 1.08 bits per heavy atom. The molecule has 0 unspecified atom stereocenters. The summed E-state index contributed by atoms with van der Waals surface area (Å²) in [5.74, 6) is 0. The maximum absolute atomic E-state index is 7.62. The van der Waals surface area contributed by atoms with Gasteiger partial charge in [-0.1, -0.05) is 0 Å². The van der Waals surface area contributed by atoms with E-state index in [4.69, 9.17) is 10.2 Å². The van der Waals surface area contributed by atoms with Gasteiger partial charge in [-0.2, -0.15) is 0 Å². The number of aliphatic hydroxyl groups is 2. The highest BCUT2D eigenvalue weighted by atomic mass is 16.5. The molecule has 5 nitrogen and oxygen atoms in total. The van der Waals surface area contributed by atoms with Crippen molar-refractivity contribution in [1.29, 1.82) is 0 Å². The van der Waals surface area contributed by atoms with Crippen molar-refractivity contribution >= 4 is 0 Å². The van der Waals surface area contributed by atoms with E-state index in [9.17, 15) is 0 Å². The molecule has 84 valence electrons. The van der Waals surface area contributed by atoms with Crippen molar-refractivity contribution in [1.82, 2.24) is 0 Å². The van der Waals surface area contributed by atoms with Crippen molar-refractivity contribution in [2.45, 2.75) is 0 Å². The summed E-state index contributed by atoms with van der Waals surface area (Å²) in [6.07, 6.45) is 0. The predicted octanol–water partition coefficient (Wildman–Crippen LogP) is -0.487. The minimum atomic E-state index is -0.125. The zero-order valence-electron chi connectivity index (χ0n) is 8.95. The van der Waals surface area contributed by atoms with Crippen LogP contribution < -0.4 is 0 Å². The van der Waals surface area contributed by atoms with Crippen molar-refractivity contribution in [2.24, 2.45) is 0 Å². The molecule has 0 radical (unpaired) electrons. The summed E-state index contributed by atoms with van der Waals surface area (Å²) in [6.45, 7) is 1.13. The first-order valence-corrected chi connectivity index (χ1v) is 3.84. The highest BCUT2D eigenvalue weighted by Crippen LogP contribution is 1.65. The summed E-state index contributed by atoms with van der Waals surface area (Å²) in [6, 6.07) is 0. The van der Waals surface area contributed by atoms with E-state index in [2.05, 4.69) is 14.2 Å². The number of aliphatic hydroxyl groups excluding tert-OH is 2. The van der Waals surface area contributed by atoms with E-state index in [1.54, 1.807) is 28.4 Å². The molecule has 0 aliphatic carbocycles. The minimum absolute atomic E-state index is 0.125. The molecule has 0 amide bonds. The van der Waals surface area contributed by atoms with Crippen molar-refractivity contribution in [3.63, 3.8) is 0 Å². The lowest BCUT2D eigenvalue weighted by atomic mass is 10.8. The molecule has 0 aromatic heterocycles. The summed E-state index contributed by atoms with van der Waals surface area (Å²) >= 11 is 0. The fraction of sp³-hybridized carbons (Fsp3) is 1.00. The third-order valence-electron chi connectivity index (χ3n) is 0.592. The van der Waals surface area contributed by atoms with E-state index in [-0.39, 0.29) is 13.2 Å². The monoisotopic (exact) mass is 198 g/mol. The lowest BCUT2D eigenvalue weighted by Gasteiger charge is -1.91. The Morgan fingerprint density at radius 1 is 0.769 bits per heavy atom. The molecule has 0 atom stereocenters. The quantitative estimate of drug-likeness (QED) is 0.597. The Morgan fingerprint density at radius 2 is 1.00 bits per heavy atom. The molecule has 0 fully saturated rings. The Hall–Kier alpha value is -0.200. The largest absolute Gasteiger partial charge is 0.394 e. The van der Waals surface area contributed by atoms with Crippen LogP contribution in [0.3, 0.4) is 0 Å². The first-order chi connectivity index (χ1) is 6.24. The highest BCUT2D eigenvalue weighted by Gasteiger charge is 1.73. The van der Waals surface area contributed by atoms with Gasteiger partial charge < -0.3 is 24.4 Å². The van der Waals surface area contributed by atoms with E-state index in [0.717, 1.165) is 0 Å². The smallest absolute Gasteiger partial charge is 0.0696 e. The molecule has 0 aromatic carbocycles. The topological polar surface area (TPSA) is 68.2 Å². The van der Waals surface area contributed by atoms with Crippen LogP contribution in [0.15, 0.2) is 0 Å². The molecule has 0 bridgehead atoms. The average Bonchev–Trinajstić information content (AvgIpc) is 2.16. The lowest BCUT2D eigenvalue weighted by Crippen LogP contribution is -1.96. The molecule has 0 aromatic rings. The van der Waals surface area contributed by atoms with Gasteiger partial charge >= 0.3 is 0 Å². The number of methoxy groups -OCH3 is 3. The zero-order valence-corrected chi connectivity index (χ0v) is 8.95. The van der Waals surface area contributed by atoms with Crippen LogP contribution in [-0.2, 0) is 14.2 Å². The van der Waals surface area contributed by atoms with Gasteiger partial charge in [0.2, 0.25) is 0 Å². The third-order valence-corrected chi connectivity index (χ3v) is 0.592. The summed E-state index contributed by atoms with van der Waals surface area (Å²) < 4.78 is 13.6. The van der Waals surface area contributed by atoms with Crippen LogP contribution in [0, 0.1) is 0 Å². The van der Waals surface area contributed by atoms with Gasteiger partial charge in [-0.3, -0.25) is 0 Å². The molecule has 5 heteroatoms. The number of hydrogen-bond donors (Lipinski definition) is 2. The highest BCUT2D eigenvalue weighted by molar-refractivity contribution is 4.17. The minimum Gasteiger partial charge on any atom is -0.394 e. The van der Waals surface area contributed by atoms with Crippen molar-refractivity contribution in [3.8, 4) is 0 Å². The predicted molar refractivity (Wildman–Crippen MR) is 50.9 cm³/mol. The maximum atomic E-state index is 7.62. The van der Waals surface area contributed by atoms with E-state index in [1.807, 2.05) is 0 Å². The van der Waals surface area contributed by atoms with Crippen molar-refractivity contribution in [3.05, 3.63) is 0 Å². The van der Waals surface area contributed by atoms with Crippen molar-refractivity contribution in [2.75, 3.05) is 54.9 Å². The van der Waals surface area contributed by atoms with E-state index >= 15 is 0 Å². The van der Waals surface area contributed by atoms with E-state index in [1.165, 1.54) is 0 Å². The van der Waals surface area contributed by atoms with Gasteiger partial charge in [-0.05, 0) is 0 Å². The zero-order chi connectivity index (χ0) is 10.9. The molecule has 0 saturated carbocycles. The van der Waals surface area contributed by atoms with Crippen LogP contribution >= 0.6 is 0 Å². The van der Waals surface area contributed by atoms with Crippen LogP contribution in [0.4, 0.5) is 0 Å². The van der Waals surface area contributed by atoms with Crippen molar-refractivity contribution < 1.29 is 24.4 Å². The first kappa shape index (κ1) is 18.6. The van der Waals surface area contributed by atoms with E-state index in [0.29, 0.717) is 13.2 Å². The molecule has 2 N–H and O–H groups in total. The Labute approximate surface area is 80.2 Å². The summed E-state index contributed by atoms with van der Waals surface area (Å²) in [4.78, 5) is 0. The third kappa shape index (κ3) is 78.5. The Bertz CT molecular complexity index is 45.8. The van der Waals surface area contributed by atoms with Crippen LogP contribution in [0.1, 0.15) is 0 Å². The summed E-state index contributed by atoms with van der Waals surface area (Å²) in [5, 5.41) is 15.2. The Kier molecular flexibility index (Phi) is 42.5. The second-order valence-electron chi connectivity index (χ2n) is 1.84. The second-order valence-corrected chi connectivity index (χ2v) is 1.84. The SMILES string of the molecule is COC.COCCOC.OCCO. The molecular formula is C8H22O5. The van der Waals surface area contributed by atoms with Gasteiger partial charge in [-0.15, -0.1) is 0 Å². The van der Waals surface area contributed by atoms with Crippen LogP contribution in [0.5, 0.6) is 0 Å². The first-order valence-electron chi connectivity index (χ1n) is 3.84. The Balaban J connectivity index is -0.000000125.